The molecule has 0 N–H and O–H groups in total. The molecule has 7 nitrogen and oxygen atoms in total. The van der Waals surface area contributed by atoms with E-state index in [0.717, 1.165) is 44.2 Å². The predicted molar refractivity (Wildman–Crippen MR) is 109 cm³/mol. The van der Waals surface area contributed by atoms with E-state index in [-0.39, 0.29) is 29.9 Å². The van der Waals surface area contributed by atoms with E-state index in [1.165, 1.54) is 4.31 Å². The molecule has 0 radical (unpaired) electrons. The molecule has 0 bridgehead atoms. The van der Waals surface area contributed by atoms with Crippen molar-refractivity contribution >= 4 is 21.9 Å². The quantitative estimate of drug-likeness (QED) is 0.630. The Hall–Kier alpha value is -1.93. The number of rotatable bonds is 7. The van der Waals surface area contributed by atoms with E-state index >= 15 is 0 Å². The van der Waals surface area contributed by atoms with E-state index in [4.69, 9.17) is 4.74 Å². The van der Waals surface area contributed by atoms with E-state index < -0.39 is 16.0 Å². The summed E-state index contributed by atoms with van der Waals surface area (Å²) >= 11 is 0. The average Bonchev–Trinajstić information content (AvgIpc) is 3.27. The first-order valence-corrected chi connectivity index (χ1v) is 11.9. The molecular weight excluding hydrogens is 392 g/mol. The number of likely N-dealkylation sites (tertiary alicyclic amines) is 1. The molecule has 2 heterocycles. The van der Waals surface area contributed by atoms with Gasteiger partial charge in [0.1, 0.15) is 0 Å². The lowest BCUT2D eigenvalue weighted by atomic mass is 10.0. The lowest BCUT2D eigenvalue weighted by Crippen LogP contribution is -2.44. The van der Waals surface area contributed by atoms with Gasteiger partial charge in [-0.25, -0.2) is 8.42 Å². The highest BCUT2D eigenvalue weighted by atomic mass is 32.2. The molecule has 2 fully saturated rings. The molecule has 0 aromatic heterocycles. The second-order valence-corrected chi connectivity index (χ2v) is 9.79. The van der Waals surface area contributed by atoms with Gasteiger partial charge in [-0.2, -0.15) is 4.31 Å². The monoisotopic (exact) mass is 422 g/mol. The van der Waals surface area contributed by atoms with Gasteiger partial charge in [0.05, 0.1) is 4.90 Å². The van der Waals surface area contributed by atoms with Crippen molar-refractivity contribution in [3.63, 3.8) is 0 Å². The van der Waals surface area contributed by atoms with Crippen LogP contribution in [0.4, 0.5) is 0 Å². The molecule has 1 aromatic rings. The van der Waals surface area contributed by atoms with E-state index in [1.807, 2.05) is 6.92 Å². The number of carbonyl (C=O) groups excluding carboxylic acids is 2. The molecule has 0 saturated carbocycles. The summed E-state index contributed by atoms with van der Waals surface area (Å²) < 4.78 is 31.7. The van der Waals surface area contributed by atoms with Crippen LogP contribution in [0.25, 0.3) is 0 Å². The highest BCUT2D eigenvalue weighted by Crippen LogP contribution is 2.21. The number of nitrogens with zero attached hydrogens (tertiary/aromatic N) is 2. The summed E-state index contributed by atoms with van der Waals surface area (Å²) in [5.74, 6) is -0.557. The Balaban J connectivity index is 1.45. The summed E-state index contributed by atoms with van der Waals surface area (Å²) in [6.45, 7) is 3.68. The molecule has 2 aliphatic rings. The highest BCUT2D eigenvalue weighted by Gasteiger charge is 2.27. The van der Waals surface area contributed by atoms with Gasteiger partial charge in [-0.1, -0.05) is 12.1 Å². The second kappa shape index (κ2) is 9.71. The van der Waals surface area contributed by atoms with Gasteiger partial charge in [0.15, 0.2) is 6.61 Å². The molecule has 29 heavy (non-hydrogen) atoms. The van der Waals surface area contributed by atoms with Crippen molar-refractivity contribution in [1.29, 1.82) is 0 Å². The molecule has 160 valence electrons. The Morgan fingerprint density at radius 2 is 1.69 bits per heavy atom. The minimum Gasteiger partial charge on any atom is -0.456 e. The van der Waals surface area contributed by atoms with Crippen LogP contribution in [0.3, 0.4) is 0 Å². The normalized spacial score (nSPS) is 20.6. The molecule has 0 aliphatic carbocycles. The molecular formula is C21H30N2O5S. The molecule has 1 amide bonds. The fraction of sp³-hybridized carbons (Fsp3) is 0.619. The van der Waals surface area contributed by atoms with Crippen molar-refractivity contribution < 1.29 is 22.7 Å². The summed E-state index contributed by atoms with van der Waals surface area (Å²) in [6, 6.07) is 6.85. The number of hydrogen-bond donors (Lipinski definition) is 0. The van der Waals surface area contributed by atoms with Crippen LogP contribution >= 0.6 is 0 Å². The number of sulfonamides is 1. The van der Waals surface area contributed by atoms with Crippen LogP contribution in [0.2, 0.25) is 0 Å². The second-order valence-electron chi connectivity index (χ2n) is 7.85. The molecule has 1 aromatic carbocycles. The van der Waals surface area contributed by atoms with Crippen molar-refractivity contribution in [3.05, 3.63) is 29.8 Å². The van der Waals surface area contributed by atoms with Crippen LogP contribution in [0.5, 0.6) is 0 Å². The van der Waals surface area contributed by atoms with Crippen molar-refractivity contribution in [1.82, 2.24) is 9.21 Å². The zero-order chi connectivity index (χ0) is 20.9. The summed E-state index contributed by atoms with van der Waals surface area (Å²) in [5, 5.41) is 0. The maximum absolute atomic E-state index is 12.5. The Morgan fingerprint density at radius 1 is 1.03 bits per heavy atom. The molecule has 1 unspecified atom stereocenters. The topological polar surface area (TPSA) is 84.0 Å². The van der Waals surface area contributed by atoms with Crippen molar-refractivity contribution in [3.8, 4) is 0 Å². The summed E-state index contributed by atoms with van der Waals surface area (Å²) in [7, 11) is -3.42. The summed E-state index contributed by atoms with van der Waals surface area (Å²) in [4.78, 5) is 26.3. The van der Waals surface area contributed by atoms with Gasteiger partial charge in [-0.3, -0.25) is 9.59 Å². The number of hydrogen-bond acceptors (Lipinski definition) is 5. The van der Waals surface area contributed by atoms with Crippen LogP contribution in [-0.4, -0.2) is 61.8 Å². The predicted octanol–water partition coefficient (Wildman–Crippen LogP) is 2.35. The van der Waals surface area contributed by atoms with Gasteiger partial charge >= 0.3 is 5.97 Å². The number of piperidine rings is 1. The molecule has 3 rings (SSSR count). The Morgan fingerprint density at radius 3 is 2.34 bits per heavy atom. The SMILES string of the molecule is CC1CCCCN1C(=O)COC(=O)CCc1ccc(S(=O)(=O)N2CCCC2)cc1. The van der Waals surface area contributed by atoms with E-state index in [0.29, 0.717) is 19.5 Å². The third-order valence-electron chi connectivity index (χ3n) is 5.72. The number of amides is 1. The number of ether oxygens (including phenoxy) is 1. The zero-order valence-corrected chi connectivity index (χ0v) is 17.8. The first-order chi connectivity index (χ1) is 13.9. The van der Waals surface area contributed by atoms with Gasteiger partial charge < -0.3 is 9.64 Å². The highest BCUT2D eigenvalue weighted by molar-refractivity contribution is 7.89. The van der Waals surface area contributed by atoms with E-state index in [9.17, 15) is 18.0 Å². The van der Waals surface area contributed by atoms with Crippen molar-refractivity contribution in [2.75, 3.05) is 26.2 Å². The minimum atomic E-state index is -3.42. The third-order valence-corrected chi connectivity index (χ3v) is 7.64. The largest absolute Gasteiger partial charge is 0.456 e. The first-order valence-electron chi connectivity index (χ1n) is 10.4. The van der Waals surface area contributed by atoms with Gasteiger partial charge in [0, 0.05) is 32.1 Å². The van der Waals surface area contributed by atoms with Gasteiger partial charge in [0.2, 0.25) is 10.0 Å². The zero-order valence-electron chi connectivity index (χ0n) is 17.0. The van der Waals surface area contributed by atoms with Crippen molar-refractivity contribution in [2.24, 2.45) is 0 Å². The summed E-state index contributed by atoms with van der Waals surface area (Å²) in [6.07, 6.45) is 5.51. The van der Waals surface area contributed by atoms with Gasteiger partial charge in [-0.15, -0.1) is 0 Å². The van der Waals surface area contributed by atoms with Crippen LogP contribution < -0.4 is 0 Å². The Bertz CT molecular complexity index is 816. The van der Waals surface area contributed by atoms with Gasteiger partial charge in [0.25, 0.3) is 5.91 Å². The van der Waals surface area contributed by atoms with Crippen LogP contribution in [-0.2, 0) is 30.8 Å². The molecule has 1 atom stereocenters. The van der Waals surface area contributed by atoms with Crippen LogP contribution in [0.15, 0.2) is 29.2 Å². The van der Waals surface area contributed by atoms with Crippen LogP contribution in [0.1, 0.15) is 51.0 Å². The first kappa shape index (κ1) is 21.8. The maximum atomic E-state index is 12.5. The smallest absolute Gasteiger partial charge is 0.306 e. The lowest BCUT2D eigenvalue weighted by molar-refractivity contribution is -0.153. The van der Waals surface area contributed by atoms with Gasteiger partial charge in [-0.05, 0) is 63.1 Å². The van der Waals surface area contributed by atoms with E-state index in [2.05, 4.69) is 0 Å². The minimum absolute atomic E-state index is 0.137. The fourth-order valence-electron chi connectivity index (χ4n) is 3.92. The Labute approximate surface area is 173 Å². The van der Waals surface area contributed by atoms with Crippen LogP contribution in [0, 0.1) is 0 Å². The average molecular weight is 423 g/mol. The number of carbonyl (C=O) groups is 2. The fourth-order valence-corrected chi connectivity index (χ4v) is 5.44. The number of esters is 1. The van der Waals surface area contributed by atoms with Crippen molar-refractivity contribution in [2.45, 2.75) is 62.8 Å². The summed E-state index contributed by atoms with van der Waals surface area (Å²) in [5.41, 5.74) is 0.860. The maximum Gasteiger partial charge on any atom is 0.306 e. The molecule has 2 aliphatic heterocycles. The lowest BCUT2D eigenvalue weighted by Gasteiger charge is -2.33. The standard InChI is InChI=1S/C21H30N2O5S/c1-17-6-2-3-15-23(17)20(24)16-28-21(25)12-9-18-7-10-19(11-8-18)29(26,27)22-13-4-5-14-22/h7-8,10-11,17H,2-6,9,12-16H2,1H3. The Kier molecular flexibility index (Phi) is 7.29. The van der Waals surface area contributed by atoms with E-state index in [1.54, 1.807) is 29.2 Å². The number of benzene rings is 1. The third kappa shape index (κ3) is 5.57. The number of aryl methyl sites for hydroxylation is 1. The molecule has 2 saturated heterocycles. The molecule has 8 heteroatoms. The molecule has 0 spiro atoms.